The molecule has 0 saturated heterocycles. The highest BCUT2D eigenvalue weighted by Gasteiger charge is 2.24. The van der Waals surface area contributed by atoms with E-state index >= 15 is 0 Å². The number of H-pyrrole nitrogens is 1. The van der Waals surface area contributed by atoms with Crippen molar-refractivity contribution in [3.8, 4) is 11.3 Å². The molecular weight excluding hydrogens is 755 g/mol. The summed E-state index contributed by atoms with van der Waals surface area (Å²) in [6.07, 6.45) is 3.45. The Morgan fingerprint density at radius 2 is 1.54 bits per heavy atom. The van der Waals surface area contributed by atoms with Crippen LogP contribution < -0.4 is 16.0 Å². The van der Waals surface area contributed by atoms with E-state index in [1.165, 1.54) is 23.1 Å². The number of aromatic nitrogens is 2. The molecule has 0 radical (unpaired) electrons. The number of hydrogen-bond acceptors (Lipinski definition) is 6. The van der Waals surface area contributed by atoms with Crippen LogP contribution in [0.1, 0.15) is 26.7 Å². The average Bonchev–Trinajstić information content (AvgIpc) is 3.82. The number of carbonyl (C=O) groups is 3. The topological polar surface area (TPSA) is 116 Å². The number of carbonyl (C=O) groups excluding carboxylic acids is 3. The lowest BCUT2D eigenvalue weighted by Gasteiger charge is -2.17. The first kappa shape index (κ1) is 34.7. The Morgan fingerprint density at radius 1 is 0.808 bits per heavy atom. The average molecular weight is 785 g/mol. The van der Waals surface area contributed by atoms with Gasteiger partial charge in [-0.2, -0.15) is 0 Å². The van der Waals surface area contributed by atoms with Crippen LogP contribution in [0.4, 0.5) is 10.8 Å². The van der Waals surface area contributed by atoms with Crippen molar-refractivity contribution in [3.05, 3.63) is 172 Å². The van der Waals surface area contributed by atoms with Gasteiger partial charge in [0.15, 0.2) is 5.13 Å². The minimum atomic E-state index is -0.616. The molecule has 0 aliphatic rings. The van der Waals surface area contributed by atoms with Crippen molar-refractivity contribution in [1.82, 2.24) is 15.3 Å². The number of nitrogens with zero attached hydrogens (tertiary/aromatic N) is 1. The lowest BCUT2D eigenvalue weighted by Crippen LogP contribution is -2.30. The number of hydrogen-bond donors (Lipinski definition) is 4. The van der Waals surface area contributed by atoms with Gasteiger partial charge in [0.2, 0.25) is 5.91 Å². The maximum atomic E-state index is 13.8. The number of rotatable bonds is 11. The first-order valence-corrected chi connectivity index (χ1v) is 18.7. The second kappa shape index (κ2) is 16.1. The molecule has 1 atom stereocenters. The molecule has 0 saturated carbocycles. The largest absolute Gasteiger partial charge is 0.361 e. The Balaban J connectivity index is 1.11. The highest BCUT2D eigenvalue weighted by atomic mass is 79.9. The number of thiazole rings is 1. The fraction of sp³-hybridized carbons (Fsp3) is 0.0244. The normalized spacial score (nSPS) is 11.9. The van der Waals surface area contributed by atoms with Crippen LogP contribution in [0.5, 0.6) is 0 Å². The summed E-state index contributed by atoms with van der Waals surface area (Å²) in [4.78, 5) is 49.5. The smallest absolute Gasteiger partial charge is 0.272 e. The third kappa shape index (κ3) is 8.40. The van der Waals surface area contributed by atoms with Crippen molar-refractivity contribution in [3.63, 3.8) is 0 Å². The van der Waals surface area contributed by atoms with Crippen LogP contribution in [0.2, 0.25) is 0 Å². The zero-order chi connectivity index (χ0) is 35.9. The third-order valence-corrected chi connectivity index (χ3v) is 10.5. The number of para-hydroxylation sites is 1. The maximum absolute atomic E-state index is 13.8. The van der Waals surface area contributed by atoms with E-state index in [9.17, 15) is 14.4 Å². The van der Waals surface area contributed by atoms with E-state index in [-0.39, 0.29) is 11.6 Å². The molecule has 52 heavy (non-hydrogen) atoms. The molecule has 11 heteroatoms. The van der Waals surface area contributed by atoms with E-state index in [0.717, 1.165) is 42.7 Å². The molecule has 0 aliphatic carbocycles. The maximum Gasteiger partial charge on any atom is 0.272 e. The zero-order valence-corrected chi connectivity index (χ0v) is 30.6. The van der Waals surface area contributed by atoms with Gasteiger partial charge in [-0.3, -0.25) is 14.4 Å². The standard InChI is InChI=1S/C41H30BrN5O3S2/c42-30-20-18-26(19-21-30)36-25-51-41(46-36)47-40(50)37(27-10-3-1-4-11-27)52-32-15-9-14-31(23-32)44-39(49)35(45-38(48)28-12-5-2-6-13-28)22-29-24-43-34-17-8-7-16-33(29)34/h1-25,37,43H,(H,44,49)(H,45,48)(H,46,47,50)/b35-22-. The van der Waals surface area contributed by atoms with Crippen LogP contribution in [0, 0.1) is 0 Å². The number of aromatic amines is 1. The molecule has 0 aliphatic heterocycles. The SMILES string of the molecule is O=C(Nc1cccc(SC(C(=O)Nc2nc(-c3ccc(Br)cc3)cs2)c2ccccc2)c1)/C(=C/c1c[nH]c2ccccc12)NC(=O)c1ccccc1. The van der Waals surface area contributed by atoms with Crippen molar-refractivity contribution in [2.45, 2.75) is 10.1 Å². The molecule has 8 nitrogen and oxygen atoms in total. The third-order valence-electron chi connectivity index (χ3n) is 8.01. The predicted molar refractivity (Wildman–Crippen MR) is 214 cm³/mol. The van der Waals surface area contributed by atoms with E-state index in [1.54, 1.807) is 42.6 Å². The molecule has 256 valence electrons. The number of fused-ring (bicyclic) bond motifs is 1. The molecule has 0 spiro atoms. The Bertz CT molecular complexity index is 2390. The fourth-order valence-corrected chi connectivity index (χ4v) is 7.52. The number of benzene rings is 5. The fourth-order valence-electron chi connectivity index (χ4n) is 5.45. The van der Waals surface area contributed by atoms with Crippen molar-refractivity contribution in [2.75, 3.05) is 10.6 Å². The van der Waals surface area contributed by atoms with Crippen LogP contribution in [-0.4, -0.2) is 27.7 Å². The summed E-state index contributed by atoms with van der Waals surface area (Å²) in [6.45, 7) is 0. The molecule has 1 unspecified atom stereocenters. The Morgan fingerprint density at radius 3 is 2.33 bits per heavy atom. The molecule has 3 amide bonds. The summed E-state index contributed by atoms with van der Waals surface area (Å²) in [5.74, 6) is -1.14. The van der Waals surface area contributed by atoms with Gasteiger partial charge >= 0.3 is 0 Å². The summed E-state index contributed by atoms with van der Waals surface area (Å²) >= 11 is 6.18. The van der Waals surface area contributed by atoms with Gasteiger partial charge in [0.1, 0.15) is 10.9 Å². The lowest BCUT2D eigenvalue weighted by atomic mass is 10.1. The van der Waals surface area contributed by atoms with Gasteiger partial charge < -0.3 is 20.9 Å². The highest BCUT2D eigenvalue weighted by Crippen LogP contribution is 2.38. The Labute approximate surface area is 316 Å². The first-order valence-electron chi connectivity index (χ1n) is 16.2. The van der Waals surface area contributed by atoms with Crippen LogP contribution in [-0.2, 0) is 9.59 Å². The van der Waals surface area contributed by atoms with Gasteiger partial charge in [0, 0.05) is 54.2 Å². The number of halogens is 1. The van der Waals surface area contributed by atoms with Gasteiger partial charge in [-0.1, -0.05) is 101 Å². The van der Waals surface area contributed by atoms with Gasteiger partial charge in [-0.25, -0.2) is 4.98 Å². The Hall–Kier alpha value is -5.75. The van der Waals surface area contributed by atoms with Gasteiger partial charge in [-0.05, 0) is 60.2 Å². The van der Waals surface area contributed by atoms with Gasteiger partial charge in [0.05, 0.1) is 5.69 Å². The summed E-state index contributed by atoms with van der Waals surface area (Å²) in [6, 6.07) is 41.1. The van der Waals surface area contributed by atoms with Crippen LogP contribution >= 0.6 is 39.0 Å². The molecule has 7 aromatic rings. The molecule has 2 heterocycles. The first-order chi connectivity index (χ1) is 25.4. The van der Waals surface area contributed by atoms with Crippen molar-refractivity contribution in [1.29, 1.82) is 0 Å². The number of amides is 3. The minimum absolute atomic E-state index is 0.0733. The second-order valence-corrected chi connectivity index (χ2v) is 14.5. The molecule has 4 N–H and O–H groups in total. The van der Waals surface area contributed by atoms with Crippen molar-refractivity contribution >= 4 is 84.5 Å². The number of nitrogens with one attached hydrogen (secondary N) is 4. The summed E-state index contributed by atoms with van der Waals surface area (Å²) in [5.41, 5.74) is 5.20. The molecule has 2 aromatic heterocycles. The monoisotopic (exact) mass is 783 g/mol. The Kier molecular flexibility index (Phi) is 10.7. The van der Waals surface area contributed by atoms with Crippen molar-refractivity contribution in [2.24, 2.45) is 0 Å². The number of thioether (sulfide) groups is 1. The van der Waals surface area contributed by atoms with Crippen LogP contribution in [0.15, 0.2) is 160 Å². The van der Waals surface area contributed by atoms with E-state index in [0.29, 0.717) is 16.4 Å². The quantitative estimate of drug-likeness (QED) is 0.0770. The molecule has 0 fully saturated rings. The van der Waals surface area contributed by atoms with Gasteiger partial charge in [-0.15, -0.1) is 23.1 Å². The summed E-state index contributed by atoms with van der Waals surface area (Å²) < 4.78 is 0.975. The summed E-state index contributed by atoms with van der Waals surface area (Å²) in [5, 5.41) is 11.5. The van der Waals surface area contributed by atoms with E-state index in [4.69, 9.17) is 0 Å². The van der Waals surface area contributed by atoms with Crippen LogP contribution in [0.25, 0.3) is 28.2 Å². The molecule has 7 rings (SSSR count). The summed E-state index contributed by atoms with van der Waals surface area (Å²) in [7, 11) is 0. The molecule has 5 aromatic carbocycles. The zero-order valence-electron chi connectivity index (χ0n) is 27.4. The van der Waals surface area contributed by atoms with Gasteiger partial charge in [0.25, 0.3) is 11.8 Å². The predicted octanol–water partition coefficient (Wildman–Crippen LogP) is 9.94. The minimum Gasteiger partial charge on any atom is -0.361 e. The highest BCUT2D eigenvalue weighted by molar-refractivity contribution is 9.10. The van der Waals surface area contributed by atoms with E-state index in [2.05, 4.69) is 41.8 Å². The molecule has 0 bridgehead atoms. The van der Waals surface area contributed by atoms with Crippen molar-refractivity contribution < 1.29 is 14.4 Å². The van der Waals surface area contributed by atoms with E-state index < -0.39 is 17.1 Å². The number of anilines is 2. The van der Waals surface area contributed by atoms with E-state index in [1.807, 2.05) is 109 Å². The lowest BCUT2D eigenvalue weighted by molar-refractivity contribution is -0.116. The van der Waals surface area contributed by atoms with Crippen LogP contribution in [0.3, 0.4) is 0 Å². The molecular formula is C41H30BrN5O3S2. The second-order valence-electron chi connectivity index (χ2n) is 11.6.